The normalized spacial score (nSPS) is 13.2. The average molecular weight is 509 g/mol. The van der Waals surface area contributed by atoms with Gasteiger partial charge < -0.3 is 10.2 Å². The molecule has 2 N–H and O–H groups in total. The third-order valence-corrected chi connectivity index (χ3v) is 7.39. The van der Waals surface area contributed by atoms with Gasteiger partial charge in [0.2, 0.25) is 0 Å². The molecule has 0 saturated carbocycles. The first-order chi connectivity index (χ1) is 17.1. The summed E-state index contributed by atoms with van der Waals surface area (Å²) in [6.45, 7) is 5.86. The number of sulfonamides is 1. The van der Waals surface area contributed by atoms with E-state index >= 15 is 0 Å². The number of benzene rings is 3. The van der Waals surface area contributed by atoms with Gasteiger partial charge in [-0.3, -0.25) is 19.6 Å². The van der Waals surface area contributed by atoms with Crippen molar-refractivity contribution in [2.24, 2.45) is 5.92 Å². The van der Waals surface area contributed by atoms with Crippen LogP contribution in [0.4, 0.5) is 17.1 Å². The number of non-ortho nitro benzene ring substituents is 1. The highest BCUT2D eigenvalue weighted by atomic mass is 32.2. The van der Waals surface area contributed by atoms with Gasteiger partial charge in [-0.1, -0.05) is 38.1 Å². The summed E-state index contributed by atoms with van der Waals surface area (Å²) in [7, 11) is -4.02. The average Bonchev–Trinajstić information content (AvgIpc) is 2.86. The number of carbonyl (C=O) groups excluding carboxylic acids is 1. The fraction of sp³-hybridized carbons (Fsp3) is 0.269. The Hall–Kier alpha value is -3.92. The predicted molar refractivity (Wildman–Crippen MR) is 139 cm³/mol. The van der Waals surface area contributed by atoms with Crippen LogP contribution in [0.5, 0.6) is 0 Å². The predicted octanol–water partition coefficient (Wildman–Crippen LogP) is 4.34. The highest BCUT2D eigenvalue weighted by Crippen LogP contribution is 2.30. The zero-order valence-corrected chi connectivity index (χ0v) is 20.9. The van der Waals surface area contributed by atoms with E-state index in [1.54, 1.807) is 12.1 Å². The van der Waals surface area contributed by atoms with Crippen LogP contribution in [-0.4, -0.2) is 32.3 Å². The van der Waals surface area contributed by atoms with Crippen LogP contribution in [0.25, 0.3) is 0 Å². The minimum absolute atomic E-state index is 0.115. The van der Waals surface area contributed by atoms with Gasteiger partial charge >= 0.3 is 0 Å². The van der Waals surface area contributed by atoms with E-state index < -0.39 is 14.9 Å². The van der Waals surface area contributed by atoms with Crippen LogP contribution in [0.3, 0.4) is 0 Å². The summed E-state index contributed by atoms with van der Waals surface area (Å²) in [5.41, 5.74) is 3.60. The van der Waals surface area contributed by atoms with Gasteiger partial charge in [0.15, 0.2) is 0 Å². The zero-order chi connectivity index (χ0) is 25.9. The van der Waals surface area contributed by atoms with Crippen LogP contribution < -0.4 is 14.9 Å². The van der Waals surface area contributed by atoms with Gasteiger partial charge in [-0.05, 0) is 53.8 Å². The van der Waals surface area contributed by atoms with E-state index in [1.165, 1.54) is 29.3 Å². The molecule has 0 atom stereocenters. The molecule has 0 aliphatic carbocycles. The molecule has 0 spiro atoms. The number of hydrogen-bond donors (Lipinski definition) is 2. The lowest BCUT2D eigenvalue weighted by atomic mass is 9.98. The Morgan fingerprint density at radius 1 is 1.06 bits per heavy atom. The Morgan fingerprint density at radius 3 is 2.42 bits per heavy atom. The molecule has 4 rings (SSSR count). The molecular formula is C26H28N4O5S. The van der Waals surface area contributed by atoms with Gasteiger partial charge in [-0.15, -0.1) is 0 Å². The molecule has 1 amide bonds. The maximum atomic E-state index is 13.2. The Labute approximate surface area is 210 Å². The van der Waals surface area contributed by atoms with Crippen molar-refractivity contribution < 1.29 is 18.1 Å². The number of hydrogen-bond acceptors (Lipinski definition) is 6. The molecule has 3 aromatic carbocycles. The van der Waals surface area contributed by atoms with E-state index in [-0.39, 0.29) is 28.1 Å². The first-order valence-electron chi connectivity index (χ1n) is 11.7. The first-order valence-corrected chi connectivity index (χ1v) is 13.1. The van der Waals surface area contributed by atoms with Crippen molar-refractivity contribution in [2.45, 2.75) is 31.7 Å². The summed E-state index contributed by atoms with van der Waals surface area (Å²) in [5, 5.41) is 13.8. The second kappa shape index (κ2) is 10.4. The van der Waals surface area contributed by atoms with E-state index in [4.69, 9.17) is 0 Å². The second-order valence-electron chi connectivity index (χ2n) is 9.13. The Bertz CT molecular complexity index is 1390. The number of fused-ring (bicyclic) bond motifs is 1. The van der Waals surface area contributed by atoms with Crippen molar-refractivity contribution in [3.8, 4) is 0 Å². The smallest absolute Gasteiger partial charge is 0.269 e. The molecule has 0 fully saturated rings. The quantitative estimate of drug-likeness (QED) is 0.345. The maximum Gasteiger partial charge on any atom is 0.269 e. The number of amides is 1. The van der Waals surface area contributed by atoms with Gasteiger partial charge in [-0.2, -0.15) is 0 Å². The van der Waals surface area contributed by atoms with Crippen molar-refractivity contribution in [1.29, 1.82) is 0 Å². The van der Waals surface area contributed by atoms with E-state index in [9.17, 15) is 23.3 Å². The lowest BCUT2D eigenvalue weighted by Gasteiger charge is -2.32. The molecule has 9 nitrogen and oxygen atoms in total. The molecule has 0 bridgehead atoms. The third-order valence-electron chi connectivity index (χ3n) is 5.99. The van der Waals surface area contributed by atoms with Crippen molar-refractivity contribution in [1.82, 2.24) is 5.32 Å². The van der Waals surface area contributed by atoms with E-state index in [1.807, 2.05) is 26.0 Å². The van der Waals surface area contributed by atoms with E-state index in [0.29, 0.717) is 18.7 Å². The van der Waals surface area contributed by atoms with Crippen LogP contribution >= 0.6 is 0 Å². The van der Waals surface area contributed by atoms with E-state index in [0.717, 1.165) is 30.8 Å². The lowest BCUT2D eigenvalue weighted by Crippen LogP contribution is -2.34. The second-order valence-corrected chi connectivity index (χ2v) is 10.8. The Morgan fingerprint density at radius 2 is 1.75 bits per heavy atom. The monoisotopic (exact) mass is 508 g/mol. The topological polar surface area (TPSA) is 122 Å². The summed E-state index contributed by atoms with van der Waals surface area (Å²) >= 11 is 0. The molecule has 0 unspecified atom stereocenters. The molecule has 0 saturated heterocycles. The minimum atomic E-state index is -4.02. The summed E-state index contributed by atoms with van der Waals surface area (Å²) in [6, 6.07) is 17.7. The number of rotatable bonds is 8. The Balaban J connectivity index is 1.64. The van der Waals surface area contributed by atoms with Gasteiger partial charge in [0.05, 0.1) is 15.4 Å². The van der Waals surface area contributed by atoms with Crippen molar-refractivity contribution in [3.63, 3.8) is 0 Å². The van der Waals surface area contributed by atoms with Crippen LogP contribution in [0, 0.1) is 16.0 Å². The van der Waals surface area contributed by atoms with Crippen LogP contribution in [0.15, 0.2) is 71.6 Å². The van der Waals surface area contributed by atoms with Crippen LogP contribution in [-0.2, 0) is 23.0 Å². The SMILES string of the molecule is CC(C)CNC(=O)c1cc(NS(=O)(=O)c2ccc([N+](=O)[O-])cc2)ccc1N1CCc2ccccc2C1. The fourth-order valence-corrected chi connectivity index (χ4v) is 5.16. The molecule has 36 heavy (non-hydrogen) atoms. The van der Waals surface area contributed by atoms with Gasteiger partial charge in [0.25, 0.3) is 21.6 Å². The van der Waals surface area contributed by atoms with Gasteiger partial charge in [0, 0.05) is 43.1 Å². The molecule has 0 radical (unpaired) electrons. The molecule has 0 aromatic heterocycles. The number of nitrogens with one attached hydrogen (secondary N) is 2. The number of anilines is 2. The minimum Gasteiger partial charge on any atom is -0.366 e. The standard InChI is InChI=1S/C26H28N4O5S/c1-18(2)16-27-26(31)24-15-21(28-36(34,35)23-10-8-22(9-11-23)30(32)33)7-12-25(24)29-14-13-19-5-3-4-6-20(19)17-29/h3-12,15,18,28H,13-14,16-17H2,1-2H3,(H,27,31). The molecule has 1 heterocycles. The molecule has 10 heteroatoms. The summed E-state index contributed by atoms with van der Waals surface area (Å²) < 4.78 is 28.3. The van der Waals surface area contributed by atoms with Crippen molar-refractivity contribution in [2.75, 3.05) is 22.7 Å². The molecule has 188 valence electrons. The molecule has 1 aliphatic heterocycles. The van der Waals surface area contributed by atoms with Gasteiger partial charge in [-0.25, -0.2) is 8.42 Å². The number of nitrogens with zero attached hydrogens (tertiary/aromatic N) is 2. The summed E-state index contributed by atoms with van der Waals surface area (Å²) in [6.07, 6.45) is 0.845. The van der Waals surface area contributed by atoms with Crippen molar-refractivity contribution >= 4 is 33.0 Å². The van der Waals surface area contributed by atoms with Crippen LogP contribution in [0.1, 0.15) is 35.3 Å². The lowest BCUT2D eigenvalue weighted by molar-refractivity contribution is -0.384. The highest BCUT2D eigenvalue weighted by molar-refractivity contribution is 7.92. The zero-order valence-electron chi connectivity index (χ0n) is 20.1. The van der Waals surface area contributed by atoms with E-state index in [2.05, 4.69) is 27.1 Å². The number of nitro benzene ring substituents is 1. The Kier molecular flexibility index (Phi) is 7.25. The van der Waals surface area contributed by atoms with Crippen LogP contribution in [0.2, 0.25) is 0 Å². The molecule has 3 aromatic rings. The highest BCUT2D eigenvalue weighted by Gasteiger charge is 2.23. The fourth-order valence-electron chi connectivity index (χ4n) is 4.11. The third kappa shape index (κ3) is 5.65. The molecule has 1 aliphatic rings. The largest absolute Gasteiger partial charge is 0.366 e. The maximum absolute atomic E-state index is 13.2. The number of nitro groups is 1. The first kappa shape index (κ1) is 25.2. The van der Waals surface area contributed by atoms with Crippen molar-refractivity contribution in [3.05, 3.63) is 93.5 Å². The summed E-state index contributed by atoms with van der Waals surface area (Å²) in [4.78, 5) is 25.5. The molecular weight excluding hydrogens is 480 g/mol. The summed E-state index contributed by atoms with van der Waals surface area (Å²) in [5.74, 6) is -0.0305. The number of carbonyl (C=O) groups is 1. The van der Waals surface area contributed by atoms with Gasteiger partial charge in [0.1, 0.15) is 0 Å².